The molecule has 0 aliphatic carbocycles. The van der Waals surface area contributed by atoms with Crippen LogP contribution < -0.4 is 0 Å². The highest BCUT2D eigenvalue weighted by molar-refractivity contribution is 7.99. The fourth-order valence-corrected chi connectivity index (χ4v) is 5.00. The molecule has 1 aromatic carbocycles. The fourth-order valence-electron chi connectivity index (χ4n) is 2.09. The number of sulfonamides is 1. The lowest BCUT2D eigenvalue weighted by molar-refractivity contribution is -0.137. The summed E-state index contributed by atoms with van der Waals surface area (Å²) >= 11 is 1.46. The largest absolute Gasteiger partial charge is 0.481 e. The van der Waals surface area contributed by atoms with Gasteiger partial charge in [0.05, 0.1) is 11.3 Å². The molecule has 1 atom stereocenters. The minimum absolute atomic E-state index is 0.143. The van der Waals surface area contributed by atoms with E-state index in [1.807, 2.05) is 0 Å². The first kappa shape index (κ1) is 16.2. The van der Waals surface area contributed by atoms with Gasteiger partial charge in [0, 0.05) is 24.1 Å². The zero-order valence-electron chi connectivity index (χ0n) is 10.8. The number of benzene rings is 1. The topological polar surface area (TPSA) is 74.7 Å². The maximum Gasteiger partial charge on any atom is 0.305 e. The van der Waals surface area contributed by atoms with Gasteiger partial charge in [-0.25, -0.2) is 17.2 Å². The van der Waals surface area contributed by atoms with Crippen LogP contribution in [0.1, 0.15) is 6.42 Å². The molecule has 1 N–H and O–H groups in total. The molecule has 1 saturated heterocycles. The predicted octanol–water partition coefficient (Wildman–Crippen LogP) is 1.55. The first-order valence-corrected chi connectivity index (χ1v) is 8.68. The molecular formula is C12H13F2NO4S2. The van der Waals surface area contributed by atoms with Crippen LogP contribution in [0.5, 0.6) is 0 Å². The van der Waals surface area contributed by atoms with E-state index in [4.69, 9.17) is 5.11 Å². The normalized spacial score (nSPS) is 20.4. The van der Waals surface area contributed by atoms with Gasteiger partial charge in [0.1, 0.15) is 0 Å². The molecule has 0 radical (unpaired) electrons. The lowest BCUT2D eigenvalue weighted by atomic mass is 10.2. The molecule has 5 nitrogen and oxygen atoms in total. The monoisotopic (exact) mass is 337 g/mol. The molecule has 0 saturated carbocycles. The van der Waals surface area contributed by atoms with Gasteiger partial charge in [0.2, 0.25) is 10.0 Å². The summed E-state index contributed by atoms with van der Waals surface area (Å²) in [6, 6.07) is 1.64. The van der Waals surface area contributed by atoms with Gasteiger partial charge in [-0.15, -0.1) is 0 Å². The third-order valence-corrected chi connectivity index (χ3v) is 6.12. The van der Waals surface area contributed by atoms with Gasteiger partial charge in [0.25, 0.3) is 0 Å². The summed E-state index contributed by atoms with van der Waals surface area (Å²) in [7, 11) is -4.05. The highest BCUT2D eigenvalue weighted by atomic mass is 32.2. The Labute approximate surface area is 125 Å². The van der Waals surface area contributed by atoms with E-state index in [-0.39, 0.29) is 17.9 Å². The Morgan fingerprint density at radius 2 is 2.10 bits per heavy atom. The lowest BCUT2D eigenvalue weighted by Crippen LogP contribution is -2.47. The number of aliphatic carboxylic acids is 1. The van der Waals surface area contributed by atoms with E-state index in [9.17, 15) is 22.0 Å². The third kappa shape index (κ3) is 3.53. The maximum atomic E-state index is 13.2. The summed E-state index contributed by atoms with van der Waals surface area (Å²) in [5, 5.41) is 8.86. The number of nitrogens with zero attached hydrogens (tertiary/aromatic N) is 1. The second-order valence-electron chi connectivity index (χ2n) is 4.52. The summed E-state index contributed by atoms with van der Waals surface area (Å²) in [4.78, 5) is 10.5. The van der Waals surface area contributed by atoms with Crippen molar-refractivity contribution in [3.05, 3.63) is 29.8 Å². The average molecular weight is 337 g/mol. The van der Waals surface area contributed by atoms with E-state index in [0.29, 0.717) is 17.6 Å². The van der Waals surface area contributed by atoms with Gasteiger partial charge in [-0.3, -0.25) is 4.79 Å². The first-order valence-electron chi connectivity index (χ1n) is 6.09. The van der Waals surface area contributed by atoms with Gasteiger partial charge >= 0.3 is 5.97 Å². The minimum atomic E-state index is -4.05. The zero-order chi connectivity index (χ0) is 15.6. The van der Waals surface area contributed by atoms with Crippen molar-refractivity contribution in [2.24, 2.45) is 0 Å². The SMILES string of the molecule is O=C(O)CC1CSCCN1S(=O)(=O)c1ccc(F)c(F)c1. The average Bonchev–Trinajstić information content (AvgIpc) is 2.41. The quantitative estimate of drug-likeness (QED) is 0.902. The molecule has 1 aliphatic heterocycles. The predicted molar refractivity (Wildman–Crippen MR) is 73.6 cm³/mol. The molecule has 1 heterocycles. The number of hydrogen-bond donors (Lipinski definition) is 1. The van der Waals surface area contributed by atoms with Crippen LogP contribution in [0.25, 0.3) is 0 Å². The van der Waals surface area contributed by atoms with Crippen LogP contribution in [0.4, 0.5) is 8.78 Å². The van der Waals surface area contributed by atoms with Crippen molar-refractivity contribution in [2.45, 2.75) is 17.4 Å². The van der Waals surface area contributed by atoms with Crippen LogP contribution in [-0.4, -0.2) is 47.9 Å². The van der Waals surface area contributed by atoms with E-state index in [1.54, 1.807) is 0 Å². The molecule has 2 rings (SSSR count). The van der Waals surface area contributed by atoms with Gasteiger partial charge in [-0.2, -0.15) is 16.1 Å². The van der Waals surface area contributed by atoms with E-state index >= 15 is 0 Å². The molecule has 0 spiro atoms. The molecule has 116 valence electrons. The molecule has 1 aliphatic rings. The molecule has 0 amide bonds. The fraction of sp³-hybridized carbons (Fsp3) is 0.417. The van der Waals surface area contributed by atoms with Gasteiger partial charge in [-0.1, -0.05) is 0 Å². The third-order valence-electron chi connectivity index (χ3n) is 3.08. The number of halogens is 2. The molecule has 0 aromatic heterocycles. The maximum absolute atomic E-state index is 13.2. The van der Waals surface area contributed by atoms with Crippen molar-refractivity contribution < 1.29 is 27.1 Å². The second kappa shape index (κ2) is 6.29. The highest BCUT2D eigenvalue weighted by Crippen LogP contribution is 2.27. The van der Waals surface area contributed by atoms with Crippen molar-refractivity contribution >= 4 is 27.8 Å². The van der Waals surface area contributed by atoms with Gasteiger partial charge in [-0.05, 0) is 18.2 Å². The molecular weight excluding hydrogens is 324 g/mol. The van der Waals surface area contributed by atoms with Crippen LogP contribution >= 0.6 is 11.8 Å². The second-order valence-corrected chi connectivity index (χ2v) is 7.56. The molecule has 9 heteroatoms. The summed E-state index contributed by atoms with van der Waals surface area (Å²) in [6.45, 7) is 0.143. The Balaban J connectivity index is 2.35. The van der Waals surface area contributed by atoms with E-state index in [1.165, 1.54) is 11.8 Å². The lowest BCUT2D eigenvalue weighted by Gasteiger charge is -2.33. The standard InChI is InChI=1S/C12H13F2NO4S2/c13-10-2-1-9(6-11(10)14)21(18,19)15-3-4-20-7-8(15)5-12(16)17/h1-2,6,8H,3-5,7H2,(H,16,17). The Bertz CT molecular complexity index is 651. The van der Waals surface area contributed by atoms with Crippen molar-refractivity contribution in [1.82, 2.24) is 4.31 Å². The summed E-state index contributed by atoms with van der Waals surface area (Å²) in [5.41, 5.74) is 0. The van der Waals surface area contributed by atoms with Crippen molar-refractivity contribution in [3.63, 3.8) is 0 Å². The molecule has 1 unspecified atom stereocenters. The van der Waals surface area contributed by atoms with Crippen LogP contribution in [-0.2, 0) is 14.8 Å². The van der Waals surface area contributed by atoms with Gasteiger partial charge < -0.3 is 5.11 Å². The summed E-state index contributed by atoms with van der Waals surface area (Å²) < 4.78 is 52.2. The molecule has 21 heavy (non-hydrogen) atoms. The number of thioether (sulfide) groups is 1. The van der Waals surface area contributed by atoms with Crippen LogP contribution in [0, 0.1) is 11.6 Å². The molecule has 1 aromatic rings. The summed E-state index contributed by atoms with van der Waals surface area (Å²) in [6.07, 6.45) is -0.324. The van der Waals surface area contributed by atoms with E-state index in [2.05, 4.69) is 0 Å². The van der Waals surface area contributed by atoms with Gasteiger partial charge in [0.15, 0.2) is 11.6 Å². The number of carbonyl (C=O) groups is 1. The zero-order valence-corrected chi connectivity index (χ0v) is 12.5. The number of carboxylic acid groups (broad SMARTS) is 1. The van der Waals surface area contributed by atoms with E-state index in [0.717, 1.165) is 16.4 Å². The number of carboxylic acids is 1. The first-order chi connectivity index (χ1) is 9.82. The van der Waals surface area contributed by atoms with Crippen LogP contribution in [0.2, 0.25) is 0 Å². The minimum Gasteiger partial charge on any atom is -0.481 e. The number of rotatable bonds is 4. The Hall–Kier alpha value is -1.19. The number of hydrogen-bond acceptors (Lipinski definition) is 4. The van der Waals surface area contributed by atoms with Crippen molar-refractivity contribution in [1.29, 1.82) is 0 Å². The summed E-state index contributed by atoms with van der Waals surface area (Å²) in [5.74, 6) is -2.61. The Morgan fingerprint density at radius 3 is 2.71 bits per heavy atom. The molecule has 1 fully saturated rings. The van der Waals surface area contributed by atoms with Crippen LogP contribution in [0.15, 0.2) is 23.1 Å². The van der Waals surface area contributed by atoms with Crippen molar-refractivity contribution in [2.75, 3.05) is 18.1 Å². The smallest absolute Gasteiger partial charge is 0.305 e. The van der Waals surface area contributed by atoms with Crippen LogP contribution in [0.3, 0.4) is 0 Å². The highest BCUT2D eigenvalue weighted by Gasteiger charge is 2.35. The Morgan fingerprint density at radius 1 is 1.38 bits per heavy atom. The molecule has 0 bridgehead atoms. The van der Waals surface area contributed by atoms with Crippen molar-refractivity contribution in [3.8, 4) is 0 Å². The Kier molecular flexibility index (Phi) is 4.84. The van der Waals surface area contributed by atoms with E-state index < -0.39 is 33.7 Å².